The number of hydrogen-bond acceptors (Lipinski definition) is 2. The minimum Gasteiger partial charge on any atom is -0.327 e. The molecule has 0 aliphatic rings. The Bertz CT molecular complexity index is 345. The summed E-state index contributed by atoms with van der Waals surface area (Å²) >= 11 is 0. The number of nitrogens with two attached hydrogens (primary N) is 1. The third kappa shape index (κ3) is 4.81. The van der Waals surface area contributed by atoms with Gasteiger partial charge < -0.3 is 5.73 Å². The lowest BCUT2D eigenvalue weighted by Gasteiger charge is -2.22. The molecule has 0 aromatic carbocycles. The smallest absolute Gasteiger partial charge is 0.0640 e. The molecule has 0 bridgehead atoms. The van der Waals surface area contributed by atoms with Gasteiger partial charge in [-0.25, -0.2) is 0 Å². The molecule has 0 amide bonds. The van der Waals surface area contributed by atoms with Crippen LogP contribution in [0.5, 0.6) is 0 Å². The van der Waals surface area contributed by atoms with Crippen LogP contribution in [0.1, 0.15) is 65.6 Å². The monoisotopic (exact) mass is 251 g/mol. The van der Waals surface area contributed by atoms with Crippen LogP contribution in [-0.4, -0.2) is 15.8 Å². The summed E-state index contributed by atoms with van der Waals surface area (Å²) in [5, 5.41) is 4.66. The number of aromatic nitrogens is 2. The average Bonchev–Trinajstić information content (AvgIpc) is 2.65. The predicted octanol–water partition coefficient (Wildman–Crippen LogP) is 3.55. The van der Waals surface area contributed by atoms with E-state index in [0.29, 0.717) is 6.04 Å². The Kier molecular flexibility index (Phi) is 5.39. The zero-order valence-corrected chi connectivity index (χ0v) is 12.6. The van der Waals surface area contributed by atoms with Crippen LogP contribution in [0, 0.1) is 5.41 Å². The molecule has 0 spiro atoms. The molecule has 0 aliphatic carbocycles. The first-order valence-electron chi connectivity index (χ1n) is 7.15. The van der Waals surface area contributed by atoms with Crippen LogP contribution in [0.3, 0.4) is 0 Å². The van der Waals surface area contributed by atoms with Crippen LogP contribution in [0.4, 0.5) is 0 Å². The largest absolute Gasteiger partial charge is 0.327 e. The summed E-state index contributed by atoms with van der Waals surface area (Å²) in [7, 11) is 0. The van der Waals surface area contributed by atoms with E-state index >= 15 is 0 Å². The SMILES string of the molecule is CCC(CC)n1ccc(CC(N)CC(C)(C)C)n1. The molecule has 18 heavy (non-hydrogen) atoms. The molecular formula is C15H29N3. The highest BCUT2D eigenvalue weighted by Gasteiger charge is 2.17. The highest BCUT2D eigenvalue weighted by atomic mass is 15.3. The van der Waals surface area contributed by atoms with Gasteiger partial charge in [0.1, 0.15) is 0 Å². The van der Waals surface area contributed by atoms with Crippen molar-refractivity contribution in [1.29, 1.82) is 0 Å². The topological polar surface area (TPSA) is 43.8 Å². The van der Waals surface area contributed by atoms with Crippen LogP contribution < -0.4 is 5.73 Å². The van der Waals surface area contributed by atoms with Crippen molar-refractivity contribution in [3.63, 3.8) is 0 Å². The quantitative estimate of drug-likeness (QED) is 0.840. The fourth-order valence-corrected chi connectivity index (χ4v) is 2.48. The fraction of sp³-hybridized carbons (Fsp3) is 0.800. The van der Waals surface area contributed by atoms with Gasteiger partial charge in [-0.3, -0.25) is 4.68 Å². The lowest BCUT2D eigenvalue weighted by molar-refractivity contribution is 0.336. The zero-order chi connectivity index (χ0) is 13.8. The van der Waals surface area contributed by atoms with Gasteiger partial charge in [0.25, 0.3) is 0 Å². The molecule has 1 aromatic heterocycles. The molecule has 1 heterocycles. The maximum Gasteiger partial charge on any atom is 0.0640 e. The molecule has 3 heteroatoms. The Hall–Kier alpha value is -0.830. The van der Waals surface area contributed by atoms with Gasteiger partial charge in [0.05, 0.1) is 11.7 Å². The molecule has 0 radical (unpaired) electrons. The second-order valence-corrected chi connectivity index (χ2v) is 6.49. The normalized spacial score (nSPS) is 14.2. The van der Waals surface area contributed by atoms with Gasteiger partial charge >= 0.3 is 0 Å². The minimum absolute atomic E-state index is 0.204. The van der Waals surface area contributed by atoms with E-state index in [0.717, 1.165) is 31.4 Å². The van der Waals surface area contributed by atoms with Crippen LogP contribution in [0.2, 0.25) is 0 Å². The molecule has 2 N–H and O–H groups in total. The Balaban J connectivity index is 2.58. The van der Waals surface area contributed by atoms with Crippen molar-refractivity contribution in [1.82, 2.24) is 9.78 Å². The summed E-state index contributed by atoms with van der Waals surface area (Å²) in [6.45, 7) is 11.1. The molecule has 0 saturated carbocycles. The van der Waals surface area contributed by atoms with Gasteiger partial charge in [-0.1, -0.05) is 34.6 Å². The lowest BCUT2D eigenvalue weighted by atomic mass is 9.87. The van der Waals surface area contributed by atoms with Crippen molar-refractivity contribution >= 4 is 0 Å². The standard InChI is InChI=1S/C15H29N3/c1-6-14(7-2)18-9-8-13(17-18)10-12(16)11-15(3,4)5/h8-9,12,14H,6-7,10-11,16H2,1-5H3. The summed E-state index contributed by atoms with van der Waals surface area (Å²) < 4.78 is 2.10. The summed E-state index contributed by atoms with van der Waals surface area (Å²) in [6.07, 6.45) is 6.27. The van der Waals surface area contributed by atoms with E-state index in [1.54, 1.807) is 0 Å². The minimum atomic E-state index is 0.204. The highest BCUT2D eigenvalue weighted by Crippen LogP contribution is 2.21. The molecule has 0 saturated heterocycles. The van der Waals surface area contributed by atoms with E-state index in [-0.39, 0.29) is 11.5 Å². The van der Waals surface area contributed by atoms with E-state index in [1.807, 2.05) is 0 Å². The van der Waals surface area contributed by atoms with Gasteiger partial charge in [0.2, 0.25) is 0 Å². The first-order chi connectivity index (χ1) is 8.35. The Morgan fingerprint density at radius 3 is 2.39 bits per heavy atom. The molecule has 1 unspecified atom stereocenters. The Morgan fingerprint density at radius 1 is 1.28 bits per heavy atom. The molecule has 0 aliphatic heterocycles. The van der Waals surface area contributed by atoms with Gasteiger partial charge in [-0.15, -0.1) is 0 Å². The van der Waals surface area contributed by atoms with E-state index in [4.69, 9.17) is 5.73 Å². The first-order valence-corrected chi connectivity index (χ1v) is 7.15. The molecule has 3 nitrogen and oxygen atoms in total. The predicted molar refractivity (Wildman–Crippen MR) is 77.6 cm³/mol. The van der Waals surface area contributed by atoms with E-state index in [1.165, 1.54) is 0 Å². The second-order valence-electron chi connectivity index (χ2n) is 6.49. The number of rotatable bonds is 6. The third-order valence-electron chi connectivity index (χ3n) is 3.33. The molecule has 0 fully saturated rings. The van der Waals surface area contributed by atoms with Crippen molar-refractivity contribution in [2.24, 2.45) is 11.1 Å². The van der Waals surface area contributed by atoms with E-state index in [9.17, 15) is 0 Å². The maximum absolute atomic E-state index is 6.19. The van der Waals surface area contributed by atoms with E-state index in [2.05, 4.69) is 56.7 Å². The molecular weight excluding hydrogens is 222 g/mol. The Labute approximate surface area is 112 Å². The van der Waals surface area contributed by atoms with Crippen LogP contribution in [0.15, 0.2) is 12.3 Å². The summed E-state index contributed by atoms with van der Waals surface area (Å²) in [6, 6.07) is 2.84. The van der Waals surface area contributed by atoms with Crippen molar-refractivity contribution in [2.45, 2.75) is 72.4 Å². The molecule has 1 atom stereocenters. The third-order valence-corrected chi connectivity index (χ3v) is 3.33. The zero-order valence-electron chi connectivity index (χ0n) is 12.6. The van der Waals surface area contributed by atoms with Gasteiger partial charge in [0.15, 0.2) is 0 Å². The van der Waals surface area contributed by atoms with Crippen LogP contribution in [-0.2, 0) is 6.42 Å². The van der Waals surface area contributed by atoms with Crippen LogP contribution >= 0.6 is 0 Å². The first kappa shape index (κ1) is 15.2. The van der Waals surface area contributed by atoms with Crippen molar-refractivity contribution < 1.29 is 0 Å². The van der Waals surface area contributed by atoms with Crippen molar-refractivity contribution in [3.8, 4) is 0 Å². The lowest BCUT2D eigenvalue weighted by Crippen LogP contribution is -2.28. The second kappa shape index (κ2) is 6.37. The Morgan fingerprint density at radius 2 is 1.89 bits per heavy atom. The summed E-state index contributed by atoms with van der Waals surface area (Å²) in [5.41, 5.74) is 7.61. The summed E-state index contributed by atoms with van der Waals surface area (Å²) in [4.78, 5) is 0. The average molecular weight is 251 g/mol. The molecule has 1 rings (SSSR count). The maximum atomic E-state index is 6.19. The van der Waals surface area contributed by atoms with Gasteiger partial charge in [0, 0.05) is 18.7 Å². The van der Waals surface area contributed by atoms with Crippen molar-refractivity contribution in [2.75, 3.05) is 0 Å². The highest BCUT2D eigenvalue weighted by molar-refractivity contribution is 5.02. The van der Waals surface area contributed by atoms with E-state index < -0.39 is 0 Å². The summed E-state index contributed by atoms with van der Waals surface area (Å²) in [5.74, 6) is 0. The van der Waals surface area contributed by atoms with Crippen LogP contribution in [0.25, 0.3) is 0 Å². The molecule has 1 aromatic rings. The fourth-order valence-electron chi connectivity index (χ4n) is 2.48. The number of nitrogens with zero attached hydrogens (tertiary/aromatic N) is 2. The molecule has 104 valence electrons. The van der Waals surface area contributed by atoms with Gasteiger partial charge in [-0.05, 0) is 30.7 Å². The van der Waals surface area contributed by atoms with Crippen molar-refractivity contribution in [3.05, 3.63) is 18.0 Å². The number of hydrogen-bond donors (Lipinski definition) is 1. The van der Waals surface area contributed by atoms with Gasteiger partial charge in [-0.2, -0.15) is 5.10 Å².